The van der Waals surface area contributed by atoms with Crippen molar-refractivity contribution in [3.63, 3.8) is 0 Å². The maximum Gasteiger partial charge on any atom is 0.0943 e. The molecule has 0 bridgehead atoms. The highest BCUT2D eigenvalue weighted by Gasteiger charge is 2.25. The van der Waals surface area contributed by atoms with Gasteiger partial charge in [0, 0.05) is 5.57 Å². The van der Waals surface area contributed by atoms with Gasteiger partial charge in [-0.1, -0.05) is 19.4 Å². The minimum atomic E-state index is 0.685. The zero-order valence-electron chi connectivity index (χ0n) is 8.22. The summed E-state index contributed by atoms with van der Waals surface area (Å²) in [5.41, 5.74) is 2.39. The Kier molecular flexibility index (Phi) is 2.92. The molecule has 12 heavy (non-hydrogen) atoms. The first kappa shape index (κ1) is 9.32. The Bertz CT molecular complexity index is 230. The van der Waals surface area contributed by atoms with E-state index in [4.69, 9.17) is 5.26 Å². The second-order valence-electron chi connectivity index (χ2n) is 4.00. The molecule has 0 radical (unpaired) electrons. The molecule has 1 aliphatic rings. The third-order valence-electron chi connectivity index (χ3n) is 2.86. The van der Waals surface area contributed by atoms with Crippen molar-refractivity contribution in [2.75, 3.05) is 0 Å². The van der Waals surface area contributed by atoms with Gasteiger partial charge in [-0.15, -0.1) is 0 Å². The highest BCUT2D eigenvalue weighted by molar-refractivity contribution is 5.29. The van der Waals surface area contributed by atoms with Crippen LogP contribution < -0.4 is 0 Å². The van der Waals surface area contributed by atoms with Crippen molar-refractivity contribution in [1.82, 2.24) is 0 Å². The SMILES string of the molecule is C/C(C#N)=C1/CCCC1C(C)C. The highest BCUT2D eigenvalue weighted by atomic mass is 14.3. The molecule has 0 aromatic heterocycles. The number of nitriles is 1. The molecular weight excluding hydrogens is 146 g/mol. The van der Waals surface area contributed by atoms with Gasteiger partial charge in [-0.25, -0.2) is 0 Å². The number of rotatable bonds is 1. The van der Waals surface area contributed by atoms with Gasteiger partial charge in [-0.3, -0.25) is 0 Å². The Morgan fingerprint density at radius 3 is 2.75 bits per heavy atom. The standard InChI is InChI=1S/C11H17N/c1-8(2)10-5-4-6-11(10)9(3)7-12/h8,10H,4-6H2,1-3H3/b11-9+. The molecule has 1 atom stereocenters. The van der Waals surface area contributed by atoms with Crippen LogP contribution in [0, 0.1) is 23.2 Å². The number of allylic oxidation sites excluding steroid dienone is 2. The Balaban J connectivity index is 2.85. The molecule has 1 rings (SSSR count). The number of nitrogens with zero attached hydrogens (tertiary/aromatic N) is 1. The predicted octanol–water partition coefficient (Wildman–Crippen LogP) is 3.28. The monoisotopic (exact) mass is 163 g/mol. The van der Waals surface area contributed by atoms with Gasteiger partial charge < -0.3 is 0 Å². The van der Waals surface area contributed by atoms with Gasteiger partial charge in [0.05, 0.1) is 6.07 Å². The second kappa shape index (κ2) is 3.76. The van der Waals surface area contributed by atoms with Gasteiger partial charge in [-0.2, -0.15) is 5.26 Å². The summed E-state index contributed by atoms with van der Waals surface area (Å²) in [6, 6.07) is 2.27. The van der Waals surface area contributed by atoms with Crippen molar-refractivity contribution in [1.29, 1.82) is 5.26 Å². The van der Waals surface area contributed by atoms with Gasteiger partial charge in [0.2, 0.25) is 0 Å². The molecule has 0 heterocycles. The van der Waals surface area contributed by atoms with Crippen molar-refractivity contribution in [3.05, 3.63) is 11.1 Å². The number of hydrogen-bond donors (Lipinski definition) is 0. The zero-order valence-corrected chi connectivity index (χ0v) is 8.22. The summed E-state index contributed by atoms with van der Waals surface area (Å²) in [5.74, 6) is 1.38. The zero-order chi connectivity index (χ0) is 9.14. The topological polar surface area (TPSA) is 23.8 Å². The third kappa shape index (κ3) is 1.69. The molecule has 0 spiro atoms. The summed E-state index contributed by atoms with van der Waals surface area (Å²) in [5, 5.41) is 8.79. The van der Waals surface area contributed by atoms with Crippen molar-refractivity contribution in [3.8, 4) is 6.07 Å². The van der Waals surface area contributed by atoms with Crippen molar-refractivity contribution in [2.45, 2.75) is 40.0 Å². The van der Waals surface area contributed by atoms with Crippen molar-refractivity contribution in [2.24, 2.45) is 11.8 Å². The van der Waals surface area contributed by atoms with Gasteiger partial charge in [0.15, 0.2) is 0 Å². The fourth-order valence-electron chi connectivity index (χ4n) is 2.15. The molecule has 1 unspecified atom stereocenters. The van der Waals surface area contributed by atoms with E-state index in [1.807, 2.05) is 6.92 Å². The van der Waals surface area contributed by atoms with E-state index >= 15 is 0 Å². The summed E-state index contributed by atoms with van der Waals surface area (Å²) in [7, 11) is 0. The second-order valence-corrected chi connectivity index (χ2v) is 4.00. The molecule has 1 heteroatoms. The number of hydrogen-bond acceptors (Lipinski definition) is 1. The van der Waals surface area contributed by atoms with Gasteiger partial charge in [0.25, 0.3) is 0 Å². The molecule has 1 saturated carbocycles. The summed E-state index contributed by atoms with van der Waals surface area (Å²) < 4.78 is 0. The smallest absolute Gasteiger partial charge is 0.0943 e. The molecule has 0 aromatic rings. The van der Waals surface area contributed by atoms with Crippen LogP contribution in [0.5, 0.6) is 0 Å². The van der Waals surface area contributed by atoms with E-state index in [0.29, 0.717) is 11.8 Å². The maximum absolute atomic E-state index is 8.79. The van der Waals surface area contributed by atoms with E-state index in [1.54, 1.807) is 0 Å². The van der Waals surface area contributed by atoms with E-state index in [-0.39, 0.29) is 0 Å². The molecule has 0 saturated heterocycles. The molecule has 0 aromatic carbocycles. The van der Waals surface area contributed by atoms with E-state index in [9.17, 15) is 0 Å². The first-order chi connectivity index (χ1) is 5.66. The van der Waals surface area contributed by atoms with Gasteiger partial charge >= 0.3 is 0 Å². The van der Waals surface area contributed by atoms with Crippen LogP contribution in [0.1, 0.15) is 40.0 Å². The van der Waals surface area contributed by atoms with Crippen LogP contribution in [0.15, 0.2) is 11.1 Å². The van der Waals surface area contributed by atoms with Crippen LogP contribution in [-0.2, 0) is 0 Å². The van der Waals surface area contributed by atoms with E-state index in [1.165, 1.54) is 18.4 Å². The third-order valence-corrected chi connectivity index (χ3v) is 2.86. The van der Waals surface area contributed by atoms with Gasteiger partial charge in [-0.05, 0) is 38.0 Å². The Morgan fingerprint density at radius 2 is 2.25 bits per heavy atom. The largest absolute Gasteiger partial charge is 0.193 e. The van der Waals surface area contributed by atoms with E-state index in [2.05, 4.69) is 19.9 Å². The average molecular weight is 163 g/mol. The van der Waals surface area contributed by atoms with Crippen LogP contribution >= 0.6 is 0 Å². The minimum Gasteiger partial charge on any atom is -0.193 e. The first-order valence-corrected chi connectivity index (χ1v) is 4.76. The average Bonchev–Trinajstić information content (AvgIpc) is 2.50. The predicted molar refractivity (Wildman–Crippen MR) is 50.5 cm³/mol. The van der Waals surface area contributed by atoms with Crippen LogP contribution in [0.25, 0.3) is 0 Å². The molecule has 0 N–H and O–H groups in total. The molecular formula is C11H17N. The lowest BCUT2D eigenvalue weighted by molar-refractivity contribution is 0.451. The van der Waals surface area contributed by atoms with Crippen LogP contribution in [0.4, 0.5) is 0 Å². The van der Waals surface area contributed by atoms with Crippen LogP contribution in [-0.4, -0.2) is 0 Å². The minimum absolute atomic E-state index is 0.685. The summed E-state index contributed by atoms with van der Waals surface area (Å²) in [6.07, 6.45) is 3.71. The molecule has 66 valence electrons. The Labute approximate surface area is 75.1 Å². The van der Waals surface area contributed by atoms with Crippen molar-refractivity contribution < 1.29 is 0 Å². The van der Waals surface area contributed by atoms with Crippen LogP contribution in [0.2, 0.25) is 0 Å². The molecule has 0 amide bonds. The summed E-state index contributed by atoms with van der Waals surface area (Å²) in [4.78, 5) is 0. The van der Waals surface area contributed by atoms with Crippen LogP contribution in [0.3, 0.4) is 0 Å². The molecule has 1 fully saturated rings. The summed E-state index contributed by atoms with van der Waals surface area (Å²) in [6.45, 7) is 6.46. The first-order valence-electron chi connectivity index (χ1n) is 4.76. The molecule has 0 aliphatic heterocycles. The van der Waals surface area contributed by atoms with E-state index in [0.717, 1.165) is 12.0 Å². The normalized spacial score (nSPS) is 27.4. The fourth-order valence-corrected chi connectivity index (χ4v) is 2.15. The molecule has 1 nitrogen and oxygen atoms in total. The lowest BCUT2D eigenvalue weighted by atomic mass is 9.88. The van der Waals surface area contributed by atoms with Gasteiger partial charge in [0.1, 0.15) is 0 Å². The molecule has 1 aliphatic carbocycles. The quantitative estimate of drug-likeness (QED) is 0.544. The highest BCUT2D eigenvalue weighted by Crippen LogP contribution is 2.37. The maximum atomic E-state index is 8.79. The van der Waals surface area contributed by atoms with Crippen molar-refractivity contribution >= 4 is 0 Å². The Hall–Kier alpha value is -0.770. The summed E-state index contributed by atoms with van der Waals surface area (Å²) >= 11 is 0. The fraction of sp³-hybridized carbons (Fsp3) is 0.727. The Morgan fingerprint density at radius 1 is 1.58 bits per heavy atom. The van der Waals surface area contributed by atoms with E-state index < -0.39 is 0 Å². The lowest BCUT2D eigenvalue weighted by Crippen LogP contribution is -2.06. The lowest BCUT2D eigenvalue weighted by Gasteiger charge is -2.16.